The fraction of sp³-hybridized carbons (Fsp3) is 0.455. The Morgan fingerprint density at radius 2 is 2.00 bits per heavy atom. The molecule has 2 aromatic rings. The maximum absolute atomic E-state index is 4.54. The lowest BCUT2D eigenvalue weighted by Gasteiger charge is -2.15. The summed E-state index contributed by atoms with van der Waals surface area (Å²) in [7, 11) is 1.96. The van der Waals surface area contributed by atoms with Gasteiger partial charge in [0.15, 0.2) is 0 Å². The molecule has 0 atom stereocenters. The summed E-state index contributed by atoms with van der Waals surface area (Å²) >= 11 is 0. The summed E-state index contributed by atoms with van der Waals surface area (Å²) in [6.45, 7) is 6.53. The van der Waals surface area contributed by atoms with Gasteiger partial charge in [0.1, 0.15) is 0 Å². The van der Waals surface area contributed by atoms with Gasteiger partial charge in [0.2, 0.25) is 0 Å². The number of hydrogen-bond donors (Lipinski definition) is 0. The van der Waals surface area contributed by atoms with Crippen molar-refractivity contribution in [1.82, 2.24) is 14.8 Å². The molecule has 0 saturated heterocycles. The first-order valence-electron chi connectivity index (χ1n) is 4.77. The molecule has 2 heterocycles. The summed E-state index contributed by atoms with van der Waals surface area (Å²) < 4.78 is 1.89. The van der Waals surface area contributed by atoms with E-state index in [1.807, 2.05) is 30.2 Å². The zero-order chi connectivity index (χ0) is 10.3. The summed E-state index contributed by atoms with van der Waals surface area (Å²) in [5, 5.41) is 5.74. The van der Waals surface area contributed by atoms with E-state index in [4.69, 9.17) is 0 Å². The Morgan fingerprint density at radius 1 is 1.29 bits per heavy atom. The monoisotopic (exact) mass is 189 g/mol. The largest absolute Gasteiger partial charge is 0.266 e. The lowest BCUT2D eigenvalue weighted by atomic mass is 9.90. The van der Waals surface area contributed by atoms with Crippen molar-refractivity contribution < 1.29 is 0 Å². The summed E-state index contributed by atoms with van der Waals surface area (Å²) in [6.07, 6.45) is 3.68. The van der Waals surface area contributed by atoms with Crippen LogP contribution in [0, 0.1) is 0 Å². The Balaban J connectivity index is 2.80. The lowest BCUT2D eigenvalue weighted by Crippen LogP contribution is -2.12. The zero-order valence-electron chi connectivity index (χ0n) is 9.07. The first kappa shape index (κ1) is 9.19. The van der Waals surface area contributed by atoms with Gasteiger partial charge in [0, 0.05) is 24.0 Å². The van der Waals surface area contributed by atoms with Gasteiger partial charge in [-0.1, -0.05) is 20.8 Å². The van der Waals surface area contributed by atoms with Crippen LogP contribution in [-0.4, -0.2) is 14.8 Å². The van der Waals surface area contributed by atoms with Crippen molar-refractivity contribution in [3.05, 3.63) is 24.2 Å². The molecular weight excluding hydrogens is 174 g/mol. The number of aryl methyl sites for hydroxylation is 1. The summed E-state index contributed by atoms with van der Waals surface area (Å²) in [4.78, 5) is 4.11. The molecule has 0 aliphatic rings. The second kappa shape index (κ2) is 2.80. The van der Waals surface area contributed by atoms with Gasteiger partial charge in [-0.3, -0.25) is 9.67 Å². The second-order valence-electron chi connectivity index (χ2n) is 4.62. The smallest absolute Gasteiger partial charge is 0.0865 e. The van der Waals surface area contributed by atoms with Gasteiger partial charge in [-0.15, -0.1) is 0 Å². The molecule has 3 nitrogen and oxygen atoms in total. The van der Waals surface area contributed by atoms with Crippen LogP contribution in [-0.2, 0) is 12.5 Å². The van der Waals surface area contributed by atoms with E-state index in [1.165, 1.54) is 5.39 Å². The van der Waals surface area contributed by atoms with Gasteiger partial charge in [0.05, 0.1) is 17.4 Å². The number of pyridine rings is 1. The van der Waals surface area contributed by atoms with Gasteiger partial charge in [-0.25, -0.2) is 0 Å². The van der Waals surface area contributed by atoms with Gasteiger partial charge < -0.3 is 0 Å². The molecule has 0 unspecified atom stereocenters. The molecular formula is C11H15N3. The van der Waals surface area contributed by atoms with Crippen molar-refractivity contribution in [2.45, 2.75) is 26.2 Å². The van der Waals surface area contributed by atoms with Gasteiger partial charge >= 0.3 is 0 Å². The Hall–Kier alpha value is -1.38. The number of nitrogens with zero attached hydrogens (tertiary/aromatic N) is 3. The molecule has 0 bridgehead atoms. The van der Waals surface area contributed by atoms with E-state index < -0.39 is 0 Å². The Labute approximate surface area is 83.8 Å². The van der Waals surface area contributed by atoms with E-state index in [2.05, 4.69) is 30.9 Å². The van der Waals surface area contributed by atoms with Crippen LogP contribution >= 0.6 is 0 Å². The third-order valence-corrected chi connectivity index (χ3v) is 2.36. The predicted octanol–water partition coefficient (Wildman–Crippen LogP) is 2.27. The summed E-state index contributed by atoms with van der Waals surface area (Å²) in [5.41, 5.74) is 2.32. The normalized spacial score (nSPS) is 12.3. The van der Waals surface area contributed by atoms with Crippen molar-refractivity contribution in [3.63, 3.8) is 0 Å². The topological polar surface area (TPSA) is 30.7 Å². The van der Waals surface area contributed by atoms with Crippen molar-refractivity contribution >= 4 is 10.9 Å². The number of fused-ring (bicyclic) bond motifs is 1. The molecule has 0 N–H and O–H groups in total. The molecule has 0 radical (unpaired) electrons. The van der Waals surface area contributed by atoms with Crippen molar-refractivity contribution in [1.29, 1.82) is 0 Å². The third-order valence-electron chi connectivity index (χ3n) is 2.36. The van der Waals surface area contributed by atoms with E-state index >= 15 is 0 Å². The SMILES string of the molecule is Cn1nc(C(C)(C)C)c2ccncc21. The average molecular weight is 189 g/mol. The van der Waals surface area contributed by atoms with E-state index in [1.54, 1.807) is 0 Å². The molecule has 0 spiro atoms. The van der Waals surface area contributed by atoms with Crippen LogP contribution in [0.25, 0.3) is 10.9 Å². The molecule has 0 amide bonds. The first-order chi connectivity index (χ1) is 6.50. The van der Waals surface area contributed by atoms with Crippen LogP contribution in [0.2, 0.25) is 0 Å². The fourth-order valence-electron chi connectivity index (χ4n) is 1.66. The van der Waals surface area contributed by atoms with Gasteiger partial charge in [-0.05, 0) is 6.07 Å². The number of rotatable bonds is 0. The predicted molar refractivity (Wildman–Crippen MR) is 57.2 cm³/mol. The molecule has 74 valence electrons. The molecule has 2 aromatic heterocycles. The molecule has 14 heavy (non-hydrogen) atoms. The number of hydrogen-bond acceptors (Lipinski definition) is 2. The van der Waals surface area contributed by atoms with Crippen molar-refractivity contribution in [3.8, 4) is 0 Å². The minimum Gasteiger partial charge on any atom is -0.266 e. The van der Waals surface area contributed by atoms with Crippen LogP contribution in [0.5, 0.6) is 0 Å². The molecule has 0 aromatic carbocycles. The van der Waals surface area contributed by atoms with E-state index in [0.717, 1.165) is 11.2 Å². The Bertz CT molecular complexity index is 463. The molecule has 0 fully saturated rings. The van der Waals surface area contributed by atoms with E-state index in [-0.39, 0.29) is 5.41 Å². The first-order valence-corrected chi connectivity index (χ1v) is 4.77. The zero-order valence-corrected chi connectivity index (χ0v) is 9.07. The minimum absolute atomic E-state index is 0.0842. The van der Waals surface area contributed by atoms with Crippen LogP contribution in [0.3, 0.4) is 0 Å². The number of aromatic nitrogens is 3. The average Bonchev–Trinajstić information content (AvgIpc) is 2.44. The van der Waals surface area contributed by atoms with Crippen LogP contribution in [0.4, 0.5) is 0 Å². The highest BCUT2D eigenvalue weighted by atomic mass is 15.3. The maximum atomic E-state index is 4.54. The van der Waals surface area contributed by atoms with Crippen LogP contribution in [0.1, 0.15) is 26.5 Å². The molecule has 3 heteroatoms. The Morgan fingerprint density at radius 3 is 2.64 bits per heavy atom. The summed E-state index contributed by atoms with van der Waals surface area (Å²) in [5.74, 6) is 0. The highest BCUT2D eigenvalue weighted by Crippen LogP contribution is 2.27. The quantitative estimate of drug-likeness (QED) is 0.636. The van der Waals surface area contributed by atoms with Gasteiger partial charge in [0.25, 0.3) is 0 Å². The van der Waals surface area contributed by atoms with Crippen LogP contribution in [0.15, 0.2) is 18.5 Å². The van der Waals surface area contributed by atoms with Crippen molar-refractivity contribution in [2.24, 2.45) is 7.05 Å². The second-order valence-corrected chi connectivity index (χ2v) is 4.62. The molecule has 0 aliphatic heterocycles. The highest BCUT2D eigenvalue weighted by molar-refractivity contribution is 5.81. The minimum atomic E-state index is 0.0842. The van der Waals surface area contributed by atoms with Gasteiger partial charge in [-0.2, -0.15) is 5.10 Å². The standard InChI is InChI=1S/C11H15N3/c1-11(2,3)10-8-5-6-12-7-9(8)14(4)13-10/h5-7H,1-4H3. The molecule has 0 aliphatic carbocycles. The Kier molecular flexibility index (Phi) is 1.84. The summed E-state index contributed by atoms with van der Waals surface area (Å²) in [6, 6.07) is 2.03. The van der Waals surface area contributed by atoms with Crippen LogP contribution < -0.4 is 0 Å². The third kappa shape index (κ3) is 1.29. The highest BCUT2D eigenvalue weighted by Gasteiger charge is 2.21. The fourth-order valence-corrected chi connectivity index (χ4v) is 1.66. The van der Waals surface area contributed by atoms with E-state index in [0.29, 0.717) is 0 Å². The van der Waals surface area contributed by atoms with Crippen molar-refractivity contribution in [2.75, 3.05) is 0 Å². The maximum Gasteiger partial charge on any atom is 0.0865 e. The molecule has 2 rings (SSSR count). The molecule has 0 saturated carbocycles. The lowest BCUT2D eigenvalue weighted by molar-refractivity contribution is 0.558. The van der Waals surface area contributed by atoms with E-state index in [9.17, 15) is 0 Å².